The molecule has 19 heavy (non-hydrogen) atoms. The van der Waals surface area contributed by atoms with Gasteiger partial charge < -0.3 is 5.32 Å². The average Bonchev–Trinajstić information content (AvgIpc) is 2.40. The predicted octanol–water partition coefficient (Wildman–Crippen LogP) is 0.508. The van der Waals surface area contributed by atoms with Crippen molar-refractivity contribution in [1.82, 2.24) is 13.9 Å². The lowest BCUT2D eigenvalue weighted by atomic mass is 9.98. The van der Waals surface area contributed by atoms with E-state index in [0.717, 1.165) is 32.4 Å². The molecule has 1 aliphatic heterocycles. The zero-order valence-corrected chi connectivity index (χ0v) is 12.7. The van der Waals surface area contributed by atoms with Crippen LogP contribution in [-0.2, 0) is 10.2 Å². The van der Waals surface area contributed by atoms with Crippen molar-refractivity contribution in [3.63, 3.8) is 0 Å². The Labute approximate surface area is 117 Å². The standard InChI is InChI=1S/C13H25N3O2S/c1-4-8-14-12-13-6-10-16(11-7-13)19(17,18)15(3)9-5-2/h2,13-14H,4,6-12H2,1,3H3. The molecule has 0 atom stereocenters. The lowest BCUT2D eigenvalue weighted by molar-refractivity contribution is 0.256. The van der Waals surface area contributed by atoms with Crippen molar-refractivity contribution in [1.29, 1.82) is 0 Å². The van der Waals surface area contributed by atoms with Gasteiger partial charge in [-0.25, -0.2) is 0 Å². The first kappa shape index (κ1) is 16.4. The minimum Gasteiger partial charge on any atom is -0.316 e. The molecule has 0 aliphatic carbocycles. The van der Waals surface area contributed by atoms with E-state index in [9.17, 15) is 8.42 Å². The van der Waals surface area contributed by atoms with Gasteiger partial charge in [-0.05, 0) is 38.3 Å². The Morgan fingerprint density at radius 2 is 2.05 bits per heavy atom. The molecule has 1 aliphatic rings. The maximum absolute atomic E-state index is 12.2. The first-order chi connectivity index (χ1) is 9.02. The lowest BCUT2D eigenvalue weighted by Gasteiger charge is -2.33. The highest BCUT2D eigenvalue weighted by atomic mass is 32.2. The molecular formula is C13H25N3O2S. The van der Waals surface area contributed by atoms with Gasteiger partial charge in [-0.1, -0.05) is 12.8 Å². The Morgan fingerprint density at radius 3 is 2.58 bits per heavy atom. The smallest absolute Gasteiger partial charge is 0.282 e. The van der Waals surface area contributed by atoms with Crippen LogP contribution in [0.15, 0.2) is 0 Å². The third-order valence-electron chi connectivity index (χ3n) is 3.47. The molecule has 0 spiro atoms. The number of piperidine rings is 1. The topological polar surface area (TPSA) is 52.7 Å². The van der Waals surface area contributed by atoms with Crippen molar-refractivity contribution >= 4 is 10.2 Å². The van der Waals surface area contributed by atoms with Crippen LogP contribution in [0.3, 0.4) is 0 Å². The minimum atomic E-state index is -3.37. The summed E-state index contributed by atoms with van der Waals surface area (Å²) in [6.45, 7) is 5.47. The summed E-state index contributed by atoms with van der Waals surface area (Å²) in [4.78, 5) is 0. The van der Waals surface area contributed by atoms with Crippen molar-refractivity contribution in [2.24, 2.45) is 5.92 Å². The zero-order chi connectivity index (χ0) is 14.3. The van der Waals surface area contributed by atoms with Crippen LogP contribution in [0.1, 0.15) is 26.2 Å². The summed E-state index contributed by atoms with van der Waals surface area (Å²) in [6.07, 6.45) is 8.12. The predicted molar refractivity (Wildman–Crippen MR) is 77.8 cm³/mol. The third kappa shape index (κ3) is 4.77. The molecule has 1 saturated heterocycles. The SMILES string of the molecule is C#CCN(C)S(=O)(=O)N1CCC(CNCCC)CC1. The summed E-state index contributed by atoms with van der Waals surface area (Å²) in [5.74, 6) is 2.95. The Hall–Kier alpha value is -0.610. The third-order valence-corrected chi connectivity index (χ3v) is 5.40. The highest BCUT2D eigenvalue weighted by molar-refractivity contribution is 7.86. The van der Waals surface area contributed by atoms with E-state index in [1.165, 1.54) is 11.4 Å². The van der Waals surface area contributed by atoms with Crippen molar-refractivity contribution in [2.75, 3.05) is 39.8 Å². The van der Waals surface area contributed by atoms with Crippen LogP contribution in [0.25, 0.3) is 0 Å². The summed E-state index contributed by atoms with van der Waals surface area (Å²) in [7, 11) is -1.84. The van der Waals surface area contributed by atoms with E-state index in [0.29, 0.717) is 19.0 Å². The van der Waals surface area contributed by atoms with Crippen LogP contribution in [0, 0.1) is 18.3 Å². The van der Waals surface area contributed by atoms with E-state index < -0.39 is 10.2 Å². The molecule has 0 saturated carbocycles. The molecule has 0 amide bonds. The van der Waals surface area contributed by atoms with Crippen LogP contribution in [-0.4, -0.2) is 56.8 Å². The molecule has 6 heteroatoms. The van der Waals surface area contributed by atoms with Crippen molar-refractivity contribution in [3.05, 3.63) is 0 Å². The van der Waals surface area contributed by atoms with Gasteiger partial charge >= 0.3 is 0 Å². The molecule has 0 aromatic carbocycles. The Kier molecular flexibility index (Phi) is 6.80. The first-order valence-corrected chi connectivity index (χ1v) is 8.27. The molecule has 1 rings (SSSR count). The summed E-state index contributed by atoms with van der Waals surface area (Å²) in [5.41, 5.74) is 0. The number of nitrogens with one attached hydrogen (secondary N) is 1. The fourth-order valence-corrected chi connectivity index (χ4v) is 3.54. The fraction of sp³-hybridized carbons (Fsp3) is 0.846. The second-order valence-electron chi connectivity index (χ2n) is 5.01. The highest BCUT2D eigenvalue weighted by Crippen LogP contribution is 2.20. The van der Waals surface area contributed by atoms with Crippen LogP contribution in [0.4, 0.5) is 0 Å². The van der Waals surface area contributed by atoms with Gasteiger partial charge in [-0.15, -0.1) is 6.42 Å². The normalized spacial score (nSPS) is 18.6. The van der Waals surface area contributed by atoms with Crippen molar-refractivity contribution in [2.45, 2.75) is 26.2 Å². The second kappa shape index (κ2) is 7.85. The molecular weight excluding hydrogens is 262 g/mol. The molecule has 1 heterocycles. The van der Waals surface area contributed by atoms with Gasteiger partial charge in [0.05, 0.1) is 6.54 Å². The minimum absolute atomic E-state index is 0.125. The van der Waals surface area contributed by atoms with Gasteiger partial charge in [0.15, 0.2) is 0 Å². The van der Waals surface area contributed by atoms with E-state index in [2.05, 4.69) is 18.2 Å². The van der Waals surface area contributed by atoms with E-state index in [1.54, 1.807) is 4.31 Å². The molecule has 0 unspecified atom stereocenters. The Morgan fingerprint density at radius 1 is 1.42 bits per heavy atom. The zero-order valence-electron chi connectivity index (χ0n) is 11.9. The van der Waals surface area contributed by atoms with Crippen LogP contribution in [0.5, 0.6) is 0 Å². The highest BCUT2D eigenvalue weighted by Gasteiger charge is 2.30. The molecule has 1 N–H and O–H groups in total. The molecule has 0 radical (unpaired) electrons. The molecule has 5 nitrogen and oxygen atoms in total. The van der Waals surface area contributed by atoms with E-state index >= 15 is 0 Å². The number of rotatable bonds is 7. The van der Waals surface area contributed by atoms with Gasteiger partial charge in [0, 0.05) is 20.1 Å². The molecule has 110 valence electrons. The summed E-state index contributed by atoms with van der Waals surface area (Å²) in [5, 5.41) is 3.40. The van der Waals surface area contributed by atoms with Gasteiger partial charge in [-0.2, -0.15) is 17.0 Å². The monoisotopic (exact) mass is 287 g/mol. The average molecular weight is 287 g/mol. The first-order valence-electron chi connectivity index (χ1n) is 6.88. The number of hydrogen-bond donors (Lipinski definition) is 1. The number of nitrogens with zero attached hydrogens (tertiary/aromatic N) is 2. The van der Waals surface area contributed by atoms with Gasteiger partial charge in [0.25, 0.3) is 10.2 Å². The van der Waals surface area contributed by atoms with Crippen LogP contribution < -0.4 is 5.32 Å². The lowest BCUT2D eigenvalue weighted by Crippen LogP contribution is -2.46. The quantitative estimate of drug-likeness (QED) is 0.548. The maximum atomic E-state index is 12.2. The Balaban J connectivity index is 2.43. The van der Waals surface area contributed by atoms with E-state index in [1.807, 2.05) is 0 Å². The van der Waals surface area contributed by atoms with Gasteiger partial charge in [0.1, 0.15) is 0 Å². The summed E-state index contributed by atoms with van der Waals surface area (Å²) < 4.78 is 27.1. The number of hydrogen-bond acceptors (Lipinski definition) is 3. The fourth-order valence-electron chi connectivity index (χ4n) is 2.23. The summed E-state index contributed by atoms with van der Waals surface area (Å²) >= 11 is 0. The Bertz CT molecular complexity index is 395. The molecule has 0 bridgehead atoms. The van der Waals surface area contributed by atoms with Gasteiger partial charge in [0.2, 0.25) is 0 Å². The molecule has 0 aromatic heterocycles. The van der Waals surface area contributed by atoms with E-state index in [-0.39, 0.29) is 6.54 Å². The second-order valence-corrected chi connectivity index (χ2v) is 7.05. The van der Waals surface area contributed by atoms with Crippen molar-refractivity contribution < 1.29 is 8.42 Å². The molecule has 1 fully saturated rings. The number of terminal acetylenes is 1. The van der Waals surface area contributed by atoms with Crippen LogP contribution in [0.2, 0.25) is 0 Å². The van der Waals surface area contributed by atoms with E-state index in [4.69, 9.17) is 6.42 Å². The van der Waals surface area contributed by atoms with Gasteiger partial charge in [-0.3, -0.25) is 0 Å². The maximum Gasteiger partial charge on any atom is 0.282 e. The van der Waals surface area contributed by atoms with Crippen molar-refractivity contribution in [3.8, 4) is 12.3 Å². The summed E-state index contributed by atoms with van der Waals surface area (Å²) in [6, 6.07) is 0. The largest absolute Gasteiger partial charge is 0.316 e. The van der Waals surface area contributed by atoms with Crippen LogP contribution >= 0.6 is 0 Å². The molecule has 0 aromatic rings.